The number of allylic oxidation sites excluding steroid dienone is 2. The van der Waals surface area contributed by atoms with E-state index in [9.17, 15) is 19.8 Å². The summed E-state index contributed by atoms with van der Waals surface area (Å²) in [5.74, 6) is 1.07. The van der Waals surface area contributed by atoms with Gasteiger partial charge >= 0.3 is 5.97 Å². The summed E-state index contributed by atoms with van der Waals surface area (Å²) in [5.41, 5.74) is 1.45. The number of hydrogen-bond donors (Lipinski definition) is 3. The molecule has 6 nitrogen and oxygen atoms in total. The average molecular weight is 434 g/mol. The number of amides is 1. The Bertz CT molecular complexity index is 667. The fourth-order valence-corrected chi connectivity index (χ4v) is 5.62. The van der Waals surface area contributed by atoms with Gasteiger partial charge in [0.2, 0.25) is 5.91 Å². The minimum absolute atomic E-state index is 0.0182. The molecule has 0 unspecified atom stereocenters. The van der Waals surface area contributed by atoms with Crippen LogP contribution in [-0.2, 0) is 14.3 Å². The molecule has 174 valence electrons. The molecule has 2 saturated carbocycles. The number of carbonyl (C=O) groups is 2. The predicted octanol–water partition coefficient (Wildman–Crippen LogP) is 3.28. The Labute approximate surface area is 186 Å². The van der Waals surface area contributed by atoms with E-state index >= 15 is 0 Å². The number of fused-ring (bicyclic) bond motifs is 1. The molecular weight excluding hydrogens is 394 g/mol. The number of carbonyl (C=O) groups excluding carboxylic acids is 2. The van der Waals surface area contributed by atoms with Crippen LogP contribution in [0.1, 0.15) is 70.6 Å². The highest BCUT2D eigenvalue weighted by molar-refractivity contribution is 5.76. The van der Waals surface area contributed by atoms with E-state index in [0.29, 0.717) is 30.7 Å². The van der Waals surface area contributed by atoms with E-state index in [1.54, 1.807) is 0 Å². The first kappa shape index (κ1) is 24.0. The highest BCUT2D eigenvalue weighted by atomic mass is 16.5. The zero-order valence-corrected chi connectivity index (χ0v) is 18.8. The molecule has 3 rings (SSSR count). The molecule has 2 fully saturated rings. The van der Waals surface area contributed by atoms with Crippen LogP contribution in [-0.4, -0.2) is 48.0 Å². The molecule has 3 N–H and O–H groups in total. The highest BCUT2D eigenvalue weighted by Gasteiger charge is 2.43. The van der Waals surface area contributed by atoms with Crippen LogP contribution in [0.3, 0.4) is 0 Å². The van der Waals surface area contributed by atoms with E-state index in [2.05, 4.69) is 22.2 Å². The number of hydrogen-bond acceptors (Lipinski definition) is 5. The second-order valence-corrected chi connectivity index (χ2v) is 9.54. The maximum absolute atomic E-state index is 11.8. The van der Waals surface area contributed by atoms with Crippen LogP contribution in [0.15, 0.2) is 23.8 Å². The van der Waals surface area contributed by atoms with Gasteiger partial charge in [-0.3, -0.25) is 9.59 Å². The molecule has 0 aliphatic heterocycles. The second-order valence-electron chi connectivity index (χ2n) is 9.54. The molecule has 1 amide bonds. The Balaban J connectivity index is 1.35. The summed E-state index contributed by atoms with van der Waals surface area (Å²) in [4.78, 5) is 22.9. The number of methoxy groups -OCH3 is 1. The largest absolute Gasteiger partial charge is 0.469 e. The normalized spacial score (nSPS) is 29.2. The van der Waals surface area contributed by atoms with Crippen molar-refractivity contribution in [3.63, 3.8) is 0 Å². The summed E-state index contributed by atoms with van der Waals surface area (Å²) in [6.07, 6.45) is 15.7. The zero-order chi connectivity index (χ0) is 22.2. The summed E-state index contributed by atoms with van der Waals surface area (Å²) in [7, 11) is 1.34. The van der Waals surface area contributed by atoms with Crippen molar-refractivity contribution in [1.82, 2.24) is 5.32 Å². The Kier molecular flexibility index (Phi) is 9.15. The number of rotatable bonds is 11. The number of ether oxygens (including phenoxy) is 1. The second kappa shape index (κ2) is 11.8. The van der Waals surface area contributed by atoms with Gasteiger partial charge in [0.15, 0.2) is 0 Å². The van der Waals surface area contributed by atoms with Gasteiger partial charge in [-0.15, -0.1) is 0 Å². The van der Waals surface area contributed by atoms with Crippen LogP contribution in [0.25, 0.3) is 0 Å². The molecule has 3 aliphatic carbocycles. The van der Waals surface area contributed by atoms with Gasteiger partial charge in [0, 0.05) is 18.9 Å². The maximum atomic E-state index is 11.8. The Morgan fingerprint density at radius 2 is 2.03 bits per heavy atom. The lowest BCUT2D eigenvalue weighted by Crippen LogP contribution is -2.25. The lowest BCUT2D eigenvalue weighted by atomic mass is 9.88. The topological polar surface area (TPSA) is 95.9 Å². The summed E-state index contributed by atoms with van der Waals surface area (Å²) < 4.78 is 4.55. The van der Waals surface area contributed by atoms with Gasteiger partial charge in [-0.25, -0.2) is 0 Å². The third kappa shape index (κ3) is 6.91. The molecule has 0 aromatic rings. The van der Waals surface area contributed by atoms with E-state index in [-0.39, 0.29) is 36.4 Å². The Morgan fingerprint density at radius 1 is 1.26 bits per heavy atom. The molecule has 0 radical (unpaired) electrons. The summed E-state index contributed by atoms with van der Waals surface area (Å²) >= 11 is 0. The van der Waals surface area contributed by atoms with Crippen molar-refractivity contribution in [1.29, 1.82) is 0 Å². The van der Waals surface area contributed by atoms with Crippen LogP contribution < -0.4 is 5.32 Å². The number of aliphatic hydroxyl groups excluding tert-OH is 2. The fourth-order valence-electron chi connectivity index (χ4n) is 5.62. The van der Waals surface area contributed by atoms with Crippen LogP contribution in [0, 0.1) is 23.7 Å². The first-order valence-corrected chi connectivity index (χ1v) is 12.1. The van der Waals surface area contributed by atoms with Crippen LogP contribution in [0.4, 0.5) is 0 Å². The van der Waals surface area contributed by atoms with Crippen LogP contribution in [0.5, 0.6) is 0 Å². The fraction of sp³-hybridized carbons (Fsp3) is 0.760. The summed E-state index contributed by atoms with van der Waals surface area (Å²) in [6, 6.07) is 0. The molecule has 0 aromatic heterocycles. The molecule has 0 heterocycles. The van der Waals surface area contributed by atoms with Crippen LogP contribution >= 0.6 is 0 Å². The molecule has 0 aromatic carbocycles. The van der Waals surface area contributed by atoms with Crippen molar-refractivity contribution in [3.05, 3.63) is 23.8 Å². The van der Waals surface area contributed by atoms with Gasteiger partial charge in [-0.05, 0) is 62.7 Å². The first-order valence-electron chi connectivity index (χ1n) is 12.1. The molecule has 0 spiro atoms. The predicted molar refractivity (Wildman–Crippen MR) is 119 cm³/mol. The quantitative estimate of drug-likeness (QED) is 0.264. The van der Waals surface area contributed by atoms with Crippen LogP contribution in [0.2, 0.25) is 0 Å². The van der Waals surface area contributed by atoms with Crippen molar-refractivity contribution < 1.29 is 24.5 Å². The van der Waals surface area contributed by atoms with E-state index in [4.69, 9.17) is 0 Å². The van der Waals surface area contributed by atoms with Crippen molar-refractivity contribution in [2.45, 2.75) is 82.8 Å². The van der Waals surface area contributed by atoms with Crippen molar-refractivity contribution in [3.8, 4) is 0 Å². The standard InChI is InChI=1S/C25H39NO5/c1-31-25(30)12-13-26-24(29)9-5-2-6-17-14-19-16-23(28)20(21(19)15-17)10-11-22(27)18-7-3-4-8-18/h10-11,14,18-23,27-28H,2-9,12-13,15-16H2,1H3,(H,26,29)/t19-,20+,21-,22+,23+/m0/s1. The van der Waals surface area contributed by atoms with Gasteiger partial charge in [-0.1, -0.05) is 36.6 Å². The van der Waals surface area contributed by atoms with Gasteiger partial charge in [0.25, 0.3) is 0 Å². The number of unbranched alkanes of at least 4 members (excludes halogenated alkanes) is 1. The molecule has 3 aliphatic rings. The smallest absolute Gasteiger partial charge is 0.307 e. The summed E-state index contributed by atoms with van der Waals surface area (Å²) in [5, 5.41) is 23.7. The Hall–Kier alpha value is -1.66. The van der Waals surface area contributed by atoms with Crippen molar-refractivity contribution in [2.75, 3.05) is 13.7 Å². The average Bonchev–Trinajstić information content (AvgIpc) is 3.46. The minimum atomic E-state index is -0.374. The van der Waals surface area contributed by atoms with Crippen molar-refractivity contribution >= 4 is 11.9 Å². The SMILES string of the molecule is COC(=O)CCNC(=O)CCCCC1=C[C@H]2C[C@@H](O)[C@H](C=C[C@@H](O)C3CCCC3)[C@H]2C1. The number of nitrogens with one attached hydrogen (secondary N) is 1. The molecule has 5 atom stereocenters. The van der Waals surface area contributed by atoms with Gasteiger partial charge in [-0.2, -0.15) is 0 Å². The molecular formula is C25H39NO5. The summed E-state index contributed by atoms with van der Waals surface area (Å²) in [6.45, 7) is 0.326. The maximum Gasteiger partial charge on any atom is 0.307 e. The highest BCUT2D eigenvalue weighted by Crippen LogP contribution is 2.48. The van der Waals surface area contributed by atoms with Crippen molar-refractivity contribution in [2.24, 2.45) is 23.7 Å². The molecule has 0 saturated heterocycles. The molecule has 31 heavy (non-hydrogen) atoms. The van der Waals surface area contributed by atoms with Gasteiger partial charge < -0.3 is 20.3 Å². The number of aliphatic hydroxyl groups is 2. The van der Waals surface area contributed by atoms with Gasteiger partial charge in [0.05, 0.1) is 25.7 Å². The van der Waals surface area contributed by atoms with E-state index in [1.807, 2.05) is 6.08 Å². The minimum Gasteiger partial charge on any atom is -0.469 e. The molecule has 6 heteroatoms. The van der Waals surface area contributed by atoms with E-state index in [1.165, 1.54) is 25.5 Å². The number of esters is 1. The van der Waals surface area contributed by atoms with E-state index in [0.717, 1.165) is 44.9 Å². The monoisotopic (exact) mass is 433 g/mol. The van der Waals surface area contributed by atoms with Gasteiger partial charge in [0.1, 0.15) is 0 Å². The first-order chi connectivity index (χ1) is 15.0. The zero-order valence-electron chi connectivity index (χ0n) is 18.8. The molecule has 0 bridgehead atoms. The third-order valence-electron chi connectivity index (χ3n) is 7.39. The van der Waals surface area contributed by atoms with E-state index < -0.39 is 0 Å². The third-order valence-corrected chi connectivity index (χ3v) is 7.39. The Morgan fingerprint density at radius 3 is 2.77 bits per heavy atom. The lowest BCUT2D eigenvalue weighted by molar-refractivity contribution is -0.140. The lowest BCUT2D eigenvalue weighted by Gasteiger charge is -2.20.